The molecule has 1 atom stereocenters. The van der Waals surface area contributed by atoms with E-state index in [0.29, 0.717) is 27.9 Å². The average molecular weight is 694 g/mol. The average Bonchev–Trinajstić information content (AvgIpc) is 3.61. The normalized spacial score (nSPS) is 17.2. The van der Waals surface area contributed by atoms with Crippen LogP contribution in [-0.4, -0.2) is 48.5 Å². The Kier molecular flexibility index (Phi) is 10.1. The zero-order valence-electron chi connectivity index (χ0n) is 29.5. The maximum atomic E-state index is 15.3. The molecule has 0 bridgehead atoms. The Morgan fingerprint density at radius 2 is 1.49 bits per heavy atom. The molecule has 2 aliphatic rings. The van der Waals surface area contributed by atoms with Crippen LogP contribution in [0.3, 0.4) is 0 Å². The molecular weight excluding hydrogens is 639 g/mol. The van der Waals surface area contributed by atoms with E-state index in [1.54, 1.807) is 13.8 Å². The maximum absolute atomic E-state index is 15.3. The third-order valence-electron chi connectivity index (χ3n) is 10.0. The lowest BCUT2D eigenvalue weighted by Crippen LogP contribution is -2.54. The van der Waals surface area contributed by atoms with Crippen molar-refractivity contribution in [2.45, 2.75) is 146 Å². The summed E-state index contributed by atoms with van der Waals surface area (Å²) in [5.41, 5.74) is 4.42. The summed E-state index contributed by atoms with van der Waals surface area (Å²) in [5, 5.41) is 14.4. The van der Waals surface area contributed by atoms with Gasteiger partial charge < -0.3 is 14.8 Å². The van der Waals surface area contributed by atoms with Gasteiger partial charge in [-0.05, 0) is 86.7 Å². The highest BCUT2D eigenvalue weighted by molar-refractivity contribution is 7.95. The predicted octanol–water partition coefficient (Wildman–Crippen LogP) is 7.88. The molecule has 0 aromatic carbocycles. The summed E-state index contributed by atoms with van der Waals surface area (Å²) in [4.78, 5) is 23.6. The summed E-state index contributed by atoms with van der Waals surface area (Å²) in [6.07, 6.45) is 5.97. The molecule has 4 rings (SSSR count). The number of thiazole rings is 1. The Morgan fingerprint density at radius 3 is 1.98 bits per heavy atom. The molecule has 3 N–H and O–H groups in total. The summed E-state index contributed by atoms with van der Waals surface area (Å²) >= 11 is 1.17. The van der Waals surface area contributed by atoms with Gasteiger partial charge >= 0.3 is 6.03 Å². The van der Waals surface area contributed by atoms with Gasteiger partial charge in [0.25, 0.3) is 0 Å². The molecule has 9 nitrogen and oxygen atoms in total. The maximum Gasteiger partial charge on any atom is 0.354 e. The number of aromatic nitrogens is 2. The number of carbonyl (C=O) groups excluding carboxylic acids is 1. The van der Waals surface area contributed by atoms with Gasteiger partial charge in [0.15, 0.2) is 18.2 Å². The number of amides is 2. The summed E-state index contributed by atoms with van der Waals surface area (Å²) in [6.45, 7) is 25.3. The van der Waals surface area contributed by atoms with E-state index in [1.165, 1.54) is 11.3 Å². The second kappa shape index (κ2) is 12.5. The summed E-state index contributed by atoms with van der Waals surface area (Å²) in [5.74, 6) is 0. The third-order valence-corrected chi connectivity index (χ3v) is 24.7. The van der Waals surface area contributed by atoms with Gasteiger partial charge in [0, 0.05) is 24.4 Å². The SMILES string of the molecule is CC(C)(O)c1nc(CCO[Si](C)(C)C(C)(C)C)c(S(=O)(=NC(=O)Nc2c3c(nc4c2CCC4)CCC3)N[Si](C)(C)C(C)(C)C)s1. The first kappa shape index (κ1) is 36.4. The van der Waals surface area contributed by atoms with Crippen LogP contribution in [0.15, 0.2) is 8.57 Å². The summed E-state index contributed by atoms with van der Waals surface area (Å²) < 4.78 is 30.2. The van der Waals surface area contributed by atoms with Crippen molar-refractivity contribution in [3.05, 3.63) is 33.2 Å². The number of carbonyl (C=O) groups is 1. The molecule has 2 aromatic heterocycles. The zero-order valence-corrected chi connectivity index (χ0v) is 33.1. The number of fused-ring (bicyclic) bond motifs is 2. The molecule has 13 heteroatoms. The van der Waals surface area contributed by atoms with Crippen molar-refractivity contribution in [2.24, 2.45) is 4.36 Å². The van der Waals surface area contributed by atoms with Crippen molar-refractivity contribution in [3.8, 4) is 0 Å². The van der Waals surface area contributed by atoms with Gasteiger partial charge in [-0.3, -0.25) is 4.98 Å². The van der Waals surface area contributed by atoms with Crippen LogP contribution in [0.1, 0.15) is 101 Å². The Balaban J connectivity index is 1.81. The Morgan fingerprint density at radius 1 is 0.933 bits per heavy atom. The van der Waals surface area contributed by atoms with Gasteiger partial charge in [0.2, 0.25) is 0 Å². The van der Waals surface area contributed by atoms with Crippen LogP contribution in [-0.2, 0) is 52.0 Å². The number of aryl methyl sites for hydroxylation is 2. The van der Waals surface area contributed by atoms with E-state index in [4.69, 9.17) is 14.4 Å². The van der Waals surface area contributed by atoms with Crippen molar-refractivity contribution in [2.75, 3.05) is 11.9 Å². The van der Waals surface area contributed by atoms with Crippen molar-refractivity contribution in [1.82, 2.24) is 14.4 Å². The molecule has 1 unspecified atom stereocenters. The minimum Gasteiger partial charge on any atom is -0.416 e. The molecule has 2 aliphatic carbocycles. The fourth-order valence-electron chi connectivity index (χ4n) is 5.19. The third kappa shape index (κ3) is 7.81. The number of nitrogens with one attached hydrogen (secondary N) is 2. The lowest BCUT2D eigenvalue weighted by Gasteiger charge is -2.37. The van der Waals surface area contributed by atoms with E-state index in [0.717, 1.165) is 66.7 Å². The minimum absolute atomic E-state index is 0.0360. The molecule has 45 heavy (non-hydrogen) atoms. The van der Waals surface area contributed by atoms with Crippen LogP contribution < -0.4 is 9.70 Å². The van der Waals surface area contributed by atoms with Crippen molar-refractivity contribution >= 4 is 49.5 Å². The highest BCUT2D eigenvalue weighted by Gasteiger charge is 2.42. The van der Waals surface area contributed by atoms with E-state index < -0.39 is 38.1 Å². The van der Waals surface area contributed by atoms with Crippen LogP contribution in [0.4, 0.5) is 10.5 Å². The first-order valence-electron chi connectivity index (χ1n) is 16.2. The van der Waals surface area contributed by atoms with Crippen molar-refractivity contribution in [1.29, 1.82) is 0 Å². The summed E-state index contributed by atoms with van der Waals surface area (Å²) in [6, 6.07) is -0.637. The number of nitrogens with zero attached hydrogens (tertiary/aromatic N) is 3. The number of aliphatic hydroxyl groups is 1. The molecule has 2 amide bonds. The molecule has 2 aromatic rings. The molecule has 0 radical (unpaired) electrons. The highest BCUT2D eigenvalue weighted by atomic mass is 32.2. The second-order valence-corrected chi connectivity index (χ2v) is 29.5. The smallest absolute Gasteiger partial charge is 0.354 e. The molecular formula is C32H55N5O4S2Si2. The van der Waals surface area contributed by atoms with Gasteiger partial charge in [0.05, 0.1) is 11.4 Å². The number of rotatable bonds is 9. The standard InChI is InChI=1S/C32H55N5O4S2Si2/c1-30(2,3)44(9,10)37-43(40,36-29(38)35-26-21-15-13-17-23(21)33-24-18-14-16-22(24)26)27-25(34-28(42-27)32(7,8)39)19-20-41-45(11,12)31(4,5)6/h39H,13-20H2,1-12H3,(H2,33,35,36,37,38,40). The fraction of sp³-hybridized carbons (Fsp3) is 0.719. The second-order valence-electron chi connectivity index (χ2n) is 16.2. The van der Waals surface area contributed by atoms with Crippen molar-refractivity contribution < 1.29 is 18.5 Å². The van der Waals surface area contributed by atoms with E-state index in [1.807, 2.05) is 0 Å². The molecule has 0 spiro atoms. The lowest BCUT2D eigenvalue weighted by molar-refractivity contribution is 0.0780. The number of anilines is 1. The Labute approximate surface area is 277 Å². The quantitative estimate of drug-likeness (QED) is 0.230. The van der Waals surface area contributed by atoms with Crippen LogP contribution in [0.25, 0.3) is 0 Å². The van der Waals surface area contributed by atoms with Gasteiger partial charge in [-0.15, -0.1) is 15.7 Å². The lowest BCUT2D eigenvalue weighted by atomic mass is 10.1. The molecule has 0 saturated carbocycles. The molecule has 0 saturated heterocycles. The predicted molar refractivity (Wildman–Crippen MR) is 191 cm³/mol. The van der Waals surface area contributed by atoms with Crippen LogP contribution in [0.2, 0.25) is 36.3 Å². The van der Waals surface area contributed by atoms with Gasteiger partial charge in [-0.2, -0.15) is 0 Å². The number of hydrogen-bond donors (Lipinski definition) is 3. The topological polar surface area (TPSA) is 126 Å². The van der Waals surface area contributed by atoms with Crippen LogP contribution in [0.5, 0.6) is 0 Å². The number of urea groups is 1. The van der Waals surface area contributed by atoms with Gasteiger partial charge in [-0.1, -0.05) is 54.6 Å². The van der Waals surface area contributed by atoms with Crippen LogP contribution in [0, 0.1) is 0 Å². The van der Waals surface area contributed by atoms with Crippen LogP contribution >= 0.6 is 11.3 Å². The minimum atomic E-state index is -3.51. The van der Waals surface area contributed by atoms with E-state index >= 15 is 4.21 Å². The monoisotopic (exact) mass is 693 g/mol. The number of pyridine rings is 1. The Bertz CT molecular complexity index is 1540. The zero-order chi connectivity index (χ0) is 33.8. The molecule has 0 aliphatic heterocycles. The van der Waals surface area contributed by atoms with E-state index in [2.05, 4.69) is 81.8 Å². The summed E-state index contributed by atoms with van der Waals surface area (Å²) in [7, 11) is -8.04. The number of hydrogen-bond acceptors (Lipinski definition) is 7. The first-order chi connectivity index (χ1) is 20.5. The first-order valence-corrected chi connectivity index (χ1v) is 24.5. The Hall–Kier alpha value is -1.49. The van der Waals surface area contributed by atoms with E-state index in [9.17, 15) is 9.90 Å². The highest BCUT2D eigenvalue weighted by Crippen LogP contribution is 2.40. The molecule has 0 fully saturated rings. The molecule has 2 heterocycles. The molecule has 252 valence electrons. The van der Waals surface area contributed by atoms with Gasteiger partial charge in [-0.25, -0.2) is 18.4 Å². The fourth-order valence-corrected chi connectivity index (χ4v) is 13.6. The van der Waals surface area contributed by atoms with Crippen molar-refractivity contribution in [3.63, 3.8) is 0 Å². The van der Waals surface area contributed by atoms with Gasteiger partial charge in [0.1, 0.15) is 23.1 Å². The van der Waals surface area contributed by atoms with E-state index in [-0.39, 0.29) is 10.1 Å². The largest absolute Gasteiger partial charge is 0.416 e.